The van der Waals surface area contributed by atoms with Gasteiger partial charge in [-0.2, -0.15) is 0 Å². The first-order chi connectivity index (χ1) is 9.28. The van der Waals surface area contributed by atoms with Crippen LogP contribution in [0.5, 0.6) is 0 Å². The molecule has 0 spiro atoms. The van der Waals surface area contributed by atoms with Crippen LogP contribution in [0.25, 0.3) is 0 Å². The molecule has 4 nitrogen and oxygen atoms in total. The van der Waals surface area contributed by atoms with Crippen molar-refractivity contribution in [3.63, 3.8) is 0 Å². The number of hydrogen-bond acceptors (Lipinski definition) is 3. The molecular formula is C14H20FNO3S. The lowest BCUT2D eigenvalue weighted by Crippen LogP contribution is -2.44. The summed E-state index contributed by atoms with van der Waals surface area (Å²) in [5.74, 6) is -0.758. The minimum absolute atomic E-state index is 0.0868. The van der Waals surface area contributed by atoms with Crippen molar-refractivity contribution in [2.75, 3.05) is 6.61 Å². The molecular weight excluding hydrogens is 281 g/mol. The van der Waals surface area contributed by atoms with Gasteiger partial charge < -0.3 is 5.11 Å². The molecule has 0 aliphatic heterocycles. The van der Waals surface area contributed by atoms with Crippen molar-refractivity contribution in [3.8, 4) is 0 Å². The third-order valence-electron chi connectivity index (χ3n) is 4.12. The number of aryl methyl sites for hydroxylation is 1. The summed E-state index contributed by atoms with van der Waals surface area (Å²) in [6, 6.07) is 3.64. The van der Waals surface area contributed by atoms with E-state index in [1.165, 1.54) is 12.1 Å². The molecule has 2 unspecified atom stereocenters. The van der Waals surface area contributed by atoms with E-state index in [4.69, 9.17) is 0 Å². The highest BCUT2D eigenvalue weighted by Crippen LogP contribution is 2.38. The number of hydrogen-bond donors (Lipinski definition) is 2. The maximum absolute atomic E-state index is 13.7. The van der Waals surface area contributed by atoms with E-state index in [2.05, 4.69) is 4.72 Å². The number of aliphatic hydroxyl groups is 1. The fourth-order valence-corrected chi connectivity index (χ4v) is 4.26. The highest BCUT2D eigenvalue weighted by molar-refractivity contribution is 7.89. The second-order valence-electron chi connectivity index (χ2n) is 5.81. The lowest BCUT2D eigenvalue weighted by Gasteiger charge is -2.29. The Hall–Kier alpha value is -0.980. The largest absolute Gasteiger partial charge is 0.396 e. The van der Waals surface area contributed by atoms with Gasteiger partial charge in [0.1, 0.15) is 10.7 Å². The molecule has 6 heteroatoms. The van der Waals surface area contributed by atoms with Crippen LogP contribution in [0.1, 0.15) is 31.7 Å². The van der Waals surface area contributed by atoms with E-state index in [0.29, 0.717) is 12.0 Å². The summed E-state index contributed by atoms with van der Waals surface area (Å²) in [5, 5.41) is 9.45. The number of rotatable bonds is 4. The molecule has 0 radical (unpaired) electrons. The van der Waals surface area contributed by atoms with Gasteiger partial charge in [-0.25, -0.2) is 17.5 Å². The van der Waals surface area contributed by atoms with E-state index in [1.54, 1.807) is 6.92 Å². The van der Waals surface area contributed by atoms with Crippen LogP contribution >= 0.6 is 0 Å². The van der Waals surface area contributed by atoms with E-state index >= 15 is 0 Å². The van der Waals surface area contributed by atoms with Crippen LogP contribution in [-0.4, -0.2) is 26.2 Å². The quantitative estimate of drug-likeness (QED) is 0.893. The minimum atomic E-state index is -3.91. The third-order valence-corrected chi connectivity index (χ3v) is 5.60. The van der Waals surface area contributed by atoms with Crippen LogP contribution in [-0.2, 0) is 10.0 Å². The summed E-state index contributed by atoms with van der Waals surface area (Å²) in [5.41, 5.74) is 0.205. The fourth-order valence-electron chi connectivity index (χ4n) is 2.69. The van der Waals surface area contributed by atoms with Gasteiger partial charge in [0.05, 0.1) is 0 Å². The van der Waals surface area contributed by atoms with Gasteiger partial charge in [0.25, 0.3) is 0 Å². The molecule has 0 aromatic heterocycles. The molecule has 1 aliphatic carbocycles. The number of nitrogens with one attached hydrogen (secondary N) is 1. The third kappa shape index (κ3) is 2.87. The predicted molar refractivity (Wildman–Crippen MR) is 74.3 cm³/mol. The highest BCUT2D eigenvalue weighted by atomic mass is 32.2. The molecule has 1 saturated carbocycles. The first-order valence-corrected chi connectivity index (χ1v) is 8.16. The van der Waals surface area contributed by atoms with E-state index in [0.717, 1.165) is 18.9 Å². The lowest BCUT2D eigenvalue weighted by atomic mass is 9.86. The number of halogens is 1. The zero-order valence-corrected chi connectivity index (χ0v) is 12.5. The second-order valence-corrected chi connectivity index (χ2v) is 7.49. The smallest absolute Gasteiger partial charge is 0.243 e. The Balaban J connectivity index is 2.30. The lowest BCUT2D eigenvalue weighted by molar-refractivity contribution is 0.127. The van der Waals surface area contributed by atoms with Crippen molar-refractivity contribution in [2.24, 2.45) is 5.41 Å². The molecule has 0 saturated heterocycles. The molecule has 0 amide bonds. The first-order valence-electron chi connectivity index (χ1n) is 6.68. The van der Waals surface area contributed by atoms with Gasteiger partial charge >= 0.3 is 0 Å². The van der Waals surface area contributed by atoms with Crippen molar-refractivity contribution in [1.82, 2.24) is 4.72 Å². The normalized spacial score (nSPS) is 26.9. The predicted octanol–water partition coefficient (Wildman–Crippen LogP) is 1.96. The van der Waals surface area contributed by atoms with Crippen LogP contribution < -0.4 is 4.72 Å². The number of benzene rings is 1. The molecule has 1 fully saturated rings. The standard InChI is InChI=1S/C14H20FNO3S/c1-10-5-6-11(15)12(8-10)20(18,19)16-13-4-3-7-14(13,2)9-17/h5-6,8,13,16-17H,3-4,7,9H2,1-2H3. The van der Waals surface area contributed by atoms with E-state index in [1.807, 2.05) is 6.92 Å². The van der Waals surface area contributed by atoms with Crippen molar-refractivity contribution in [1.29, 1.82) is 0 Å². The molecule has 0 heterocycles. The van der Waals surface area contributed by atoms with Crippen LogP contribution in [0.15, 0.2) is 23.1 Å². The summed E-state index contributed by atoms with van der Waals surface area (Å²) < 4.78 is 41.0. The van der Waals surface area contributed by atoms with Crippen molar-refractivity contribution in [2.45, 2.75) is 44.0 Å². The SMILES string of the molecule is Cc1ccc(F)c(S(=O)(=O)NC2CCCC2(C)CO)c1. The van der Waals surface area contributed by atoms with Gasteiger partial charge in [0.2, 0.25) is 10.0 Å². The Labute approximate surface area is 119 Å². The van der Waals surface area contributed by atoms with E-state index in [-0.39, 0.29) is 17.5 Å². The van der Waals surface area contributed by atoms with Gasteiger partial charge in [-0.3, -0.25) is 0 Å². The molecule has 1 aromatic carbocycles. The van der Waals surface area contributed by atoms with Gasteiger partial charge in [-0.1, -0.05) is 19.4 Å². The molecule has 1 aromatic rings. The monoisotopic (exact) mass is 301 g/mol. The molecule has 1 aliphatic rings. The van der Waals surface area contributed by atoms with E-state index in [9.17, 15) is 17.9 Å². The first kappa shape index (κ1) is 15.4. The van der Waals surface area contributed by atoms with Crippen LogP contribution in [0, 0.1) is 18.2 Å². The number of sulfonamides is 1. The Morgan fingerprint density at radius 1 is 1.50 bits per heavy atom. The Morgan fingerprint density at radius 3 is 2.85 bits per heavy atom. The molecule has 2 N–H and O–H groups in total. The Morgan fingerprint density at radius 2 is 2.20 bits per heavy atom. The highest BCUT2D eigenvalue weighted by Gasteiger charge is 2.40. The summed E-state index contributed by atoms with van der Waals surface area (Å²) in [7, 11) is -3.91. The molecule has 0 bridgehead atoms. The molecule has 20 heavy (non-hydrogen) atoms. The van der Waals surface area contributed by atoms with Crippen LogP contribution in [0.3, 0.4) is 0 Å². The Kier molecular flexibility index (Phi) is 4.18. The van der Waals surface area contributed by atoms with Crippen molar-refractivity contribution in [3.05, 3.63) is 29.6 Å². The van der Waals surface area contributed by atoms with Crippen molar-refractivity contribution >= 4 is 10.0 Å². The molecule has 2 rings (SSSR count). The topological polar surface area (TPSA) is 66.4 Å². The van der Waals surface area contributed by atoms with Gasteiger partial charge in [0, 0.05) is 18.1 Å². The number of aliphatic hydroxyl groups excluding tert-OH is 1. The molecule has 2 atom stereocenters. The van der Waals surface area contributed by atoms with E-state index < -0.39 is 21.3 Å². The second kappa shape index (κ2) is 5.42. The maximum atomic E-state index is 13.7. The van der Waals surface area contributed by atoms with Gasteiger partial charge in [-0.15, -0.1) is 0 Å². The van der Waals surface area contributed by atoms with Gasteiger partial charge in [0.15, 0.2) is 0 Å². The summed E-state index contributed by atoms with van der Waals surface area (Å²) >= 11 is 0. The summed E-state index contributed by atoms with van der Waals surface area (Å²) in [6.45, 7) is 3.47. The summed E-state index contributed by atoms with van der Waals surface area (Å²) in [4.78, 5) is -0.329. The minimum Gasteiger partial charge on any atom is -0.396 e. The van der Waals surface area contributed by atoms with Crippen LogP contribution in [0.4, 0.5) is 4.39 Å². The fraction of sp³-hybridized carbons (Fsp3) is 0.571. The zero-order valence-electron chi connectivity index (χ0n) is 11.7. The zero-order chi connectivity index (χ0) is 15.0. The van der Waals surface area contributed by atoms with Crippen molar-refractivity contribution < 1.29 is 17.9 Å². The molecule has 112 valence electrons. The average molecular weight is 301 g/mol. The summed E-state index contributed by atoms with van der Waals surface area (Å²) in [6.07, 6.45) is 2.26. The van der Waals surface area contributed by atoms with Crippen LogP contribution in [0.2, 0.25) is 0 Å². The van der Waals surface area contributed by atoms with Gasteiger partial charge in [-0.05, 0) is 37.5 Å². The average Bonchev–Trinajstić information content (AvgIpc) is 2.74. The Bertz CT molecular complexity index is 602. The maximum Gasteiger partial charge on any atom is 0.243 e.